The van der Waals surface area contributed by atoms with Gasteiger partial charge < -0.3 is 15.4 Å². The van der Waals surface area contributed by atoms with Gasteiger partial charge in [0, 0.05) is 61.8 Å². The van der Waals surface area contributed by atoms with Crippen LogP contribution in [0.15, 0.2) is 24.5 Å². The van der Waals surface area contributed by atoms with Gasteiger partial charge in [-0.15, -0.1) is 0 Å². The Morgan fingerprint density at radius 2 is 2.11 bits per heavy atom. The molecule has 2 unspecified atom stereocenters. The van der Waals surface area contributed by atoms with E-state index in [1.165, 1.54) is 6.42 Å². The number of aromatic nitrogens is 2. The Hall–Kier alpha value is -2.28. The number of likely N-dealkylation sites (tertiary alicyclic amines) is 1. The molecule has 6 nitrogen and oxygen atoms in total. The third-order valence-electron chi connectivity index (χ3n) is 6.05. The second-order valence-electron chi connectivity index (χ2n) is 7.59. The molecule has 0 bridgehead atoms. The SMILES string of the molecule is COc1cc(N2CCC3CCN(CCF)C3C2)c(-c2cnn(C)c2)cc1N. The van der Waals surface area contributed by atoms with Crippen LogP contribution < -0.4 is 15.4 Å². The number of aryl methyl sites for hydroxylation is 1. The maximum absolute atomic E-state index is 13.0. The number of nitrogens with two attached hydrogens (primary N) is 1. The minimum atomic E-state index is -0.278. The number of methoxy groups -OCH3 is 1. The van der Waals surface area contributed by atoms with E-state index >= 15 is 0 Å². The summed E-state index contributed by atoms with van der Waals surface area (Å²) in [5.41, 5.74) is 10.0. The average Bonchev–Trinajstić information content (AvgIpc) is 3.28. The number of benzene rings is 1. The Kier molecular flexibility index (Phi) is 4.95. The number of anilines is 2. The molecule has 2 atom stereocenters. The third-order valence-corrected chi connectivity index (χ3v) is 6.05. The van der Waals surface area contributed by atoms with Gasteiger partial charge in [-0.05, 0) is 31.4 Å². The van der Waals surface area contributed by atoms with Crippen molar-refractivity contribution >= 4 is 11.4 Å². The van der Waals surface area contributed by atoms with Gasteiger partial charge >= 0.3 is 0 Å². The van der Waals surface area contributed by atoms with Crippen molar-refractivity contribution in [3.63, 3.8) is 0 Å². The summed E-state index contributed by atoms with van der Waals surface area (Å²) in [6.45, 7) is 3.17. The van der Waals surface area contributed by atoms with E-state index in [0.29, 0.717) is 29.9 Å². The monoisotopic (exact) mass is 373 g/mol. The van der Waals surface area contributed by atoms with Crippen LogP contribution in [0.4, 0.5) is 15.8 Å². The van der Waals surface area contributed by atoms with E-state index in [0.717, 1.165) is 42.9 Å². The van der Waals surface area contributed by atoms with E-state index in [4.69, 9.17) is 10.5 Å². The molecule has 7 heteroatoms. The topological polar surface area (TPSA) is 59.5 Å². The number of hydrogen-bond acceptors (Lipinski definition) is 5. The fourth-order valence-corrected chi connectivity index (χ4v) is 4.65. The normalized spacial score (nSPS) is 22.9. The quantitative estimate of drug-likeness (QED) is 0.817. The summed E-state index contributed by atoms with van der Waals surface area (Å²) in [5.74, 6) is 1.36. The number of nitrogens with zero attached hydrogens (tertiary/aromatic N) is 4. The number of ether oxygens (including phenoxy) is 1. The van der Waals surface area contributed by atoms with Gasteiger partial charge in [-0.2, -0.15) is 5.10 Å². The van der Waals surface area contributed by atoms with E-state index in [-0.39, 0.29) is 6.67 Å². The van der Waals surface area contributed by atoms with Crippen molar-refractivity contribution < 1.29 is 9.13 Å². The summed E-state index contributed by atoms with van der Waals surface area (Å²) < 4.78 is 20.2. The van der Waals surface area contributed by atoms with Crippen LogP contribution in [0.2, 0.25) is 0 Å². The Morgan fingerprint density at radius 3 is 2.81 bits per heavy atom. The maximum Gasteiger partial charge on any atom is 0.143 e. The lowest BCUT2D eigenvalue weighted by Gasteiger charge is -2.40. The molecule has 2 N–H and O–H groups in total. The number of rotatable bonds is 5. The summed E-state index contributed by atoms with van der Waals surface area (Å²) in [6.07, 6.45) is 6.18. The molecule has 146 valence electrons. The fraction of sp³-hybridized carbons (Fsp3) is 0.550. The standard InChI is InChI=1S/C20H28FN5O/c1-24-12-15(11-23-24)16-9-17(22)20(27-2)10-18(16)26-7-4-14-3-6-25(8-5-21)19(14)13-26/h9-12,14,19H,3-8,13,22H2,1-2H3. The van der Waals surface area contributed by atoms with Crippen molar-refractivity contribution in [2.45, 2.75) is 18.9 Å². The summed E-state index contributed by atoms with van der Waals surface area (Å²) >= 11 is 0. The molecule has 2 fully saturated rings. The van der Waals surface area contributed by atoms with E-state index in [1.54, 1.807) is 11.8 Å². The molecule has 2 aliphatic heterocycles. The van der Waals surface area contributed by atoms with Crippen molar-refractivity contribution in [1.82, 2.24) is 14.7 Å². The van der Waals surface area contributed by atoms with E-state index in [9.17, 15) is 4.39 Å². The van der Waals surface area contributed by atoms with Gasteiger partial charge in [-0.1, -0.05) is 0 Å². The van der Waals surface area contributed by atoms with Crippen LogP contribution in [0, 0.1) is 5.92 Å². The number of halogens is 1. The molecule has 2 aromatic rings. The minimum absolute atomic E-state index is 0.278. The number of alkyl halides is 1. The average molecular weight is 373 g/mol. The van der Waals surface area contributed by atoms with Crippen molar-refractivity contribution in [1.29, 1.82) is 0 Å². The van der Waals surface area contributed by atoms with Crippen LogP contribution in [0.3, 0.4) is 0 Å². The molecular weight excluding hydrogens is 345 g/mol. The summed E-state index contributed by atoms with van der Waals surface area (Å²) in [5, 5.41) is 4.32. The highest BCUT2D eigenvalue weighted by atomic mass is 19.1. The highest BCUT2D eigenvalue weighted by Crippen LogP contribution is 2.41. The molecule has 27 heavy (non-hydrogen) atoms. The second-order valence-corrected chi connectivity index (χ2v) is 7.59. The van der Waals surface area contributed by atoms with Crippen molar-refractivity contribution in [2.24, 2.45) is 13.0 Å². The first-order valence-electron chi connectivity index (χ1n) is 9.62. The van der Waals surface area contributed by atoms with E-state index < -0.39 is 0 Å². The number of nitrogen functional groups attached to an aromatic ring is 1. The van der Waals surface area contributed by atoms with Gasteiger partial charge in [0.15, 0.2) is 0 Å². The van der Waals surface area contributed by atoms with Gasteiger partial charge in [0.25, 0.3) is 0 Å². The van der Waals surface area contributed by atoms with E-state index in [1.807, 2.05) is 31.6 Å². The number of fused-ring (bicyclic) bond motifs is 1. The largest absolute Gasteiger partial charge is 0.495 e. The summed E-state index contributed by atoms with van der Waals surface area (Å²) in [7, 11) is 3.56. The van der Waals surface area contributed by atoms with Crippen LogP contribution >= 0.6 is 0 Å². The molecule has 1 aromatic heterocycles. The summed E-state index contributed by atoms with van der Waals surface area (Å²) in [4.78, 5) is 4.72. The zero-order valence-electron chi connectivity index (χ0n) is 16.1. The molecule has 1 aromatic carbocycles. The minimum Gasteiger partial charge on any atom is -0.495 e. The molecule has 4 rings (SSSR count). The predicted octanol–water partition coefficient (Wildman–Crippen LogP) is 2.55. The Labute approximate surface area is 159 Å². The molecule has 0 saturated carbocycles. The molecular formula is C20H28FN5O. The van der Waals surface area contributed by atoms with Gasteiger partial charge in [0.1, 0.15) is 12.4 Å². The van der Waals surface area contributed by atoms with Gasteiger partial charge in [-0.25, -0.2) is 4.39 Å². The molecule has 0 amide bonds. The number of hydrogen-bond donors (Lipinski definition) is 1. The van der Waals surface area contributed by atoms with Crippen molar-refractivity contribution in [2.75, 3.05) is 50.6 Å². The first kappa shape index (κ1) is 18.1. The second kappa shape index (κ2) is 7.38. The maximum atomic E-state index is 13.0. The zero-order chi connectivity index (χ0) is 19.0. The number of piperidine rings is 1. The van der Waals surface area contributed by atoms with Crippen LogP contribution in [0.25, 0.3) is 11.1 Å². The van der Waals surface area contributed by atoms with Crippen LogP contribution in [-0.4, -0.2) is 60.7 Å². The Morgan fingerprint density at radius 1 is 1.30 bits per heavy atom. The fourth-order valence-electron chi connectivity index (χ4n) is 4.65. The van der Waals surface area contributed by atoms with Gasteiger partial charge in [0.05, 0.1) is 19.0 Å². The molecule has 2 saturated heterocycles. The van der Waals surface area contributed by atoms with Crippen molar-refractivity contribution in [3.8, 4) is 16.9 Å². The Balaban J connectivity index is 1.69. The Bertz CT molecular complexity index is 808. The third kappa shape index (κ3) is 3.36. The lowest BCUT2D eigenvalue weighted by atomic mass is 9.91. The highest BCUT2D eigenvalue weighted by molar-refractivity contribution is 5.83. The van der Waals surface area contributed by atoms with Crippen molar-refractivity contribution in [3.05, 3.63) is 24.5 Å². The lowest BCUT2D eigenvalue weighted by Crippen LogP contribution is -2.48. The molecule has 3 heterocycles. The molecule has 0 spiro atoms. The van der Waals surface area contributed by atoms with Crippen LogP contribution in [-0.2, 0) is 7.05 Å². The molecule has 0 radical (unpaired) electrons. The predicted molar refractivity (Wildman–Crippen MR) is 106 cm³/mol. The lowest BCUT2D eigenvalue weighted by molar-refractivity contribution is 0.194. The van der Waals surface area contributed by atoms with Gasteiger partial charge in [-0.3, -0.25) is 9.58 Å². The first-order chi connectivity index (χ1) is 13.1. The van der Waals surface area contributed by atoms with Gasteiger partial charge in [0.2, 0.25) is 0 Å². The smallest absolute Gasteiger partial charge is 0.143 e. The van der Waals surface area contributed by atoms with Crippen LogP contribution in [0.5, 0.6) is 5.75 Å². The highest BCUT2D eigenvalue weighted by Gasteiger charge is 2.38. The molecule has 2 aliphatic rings. The van der Waals surface area contributed by atoms with E-state index in [2.05, 4.69) is 14.9 Å². The summed E-state index contributed by atoms with van der Waals surface area (Å²) in [6, 6.07) is 4.43. The first-order valence-corrected chi connectivity index (χ1v) is 9.62. The zero-order valence-corrected chi connectivity index (χ0v) is 16.1. The molecule has 0 aliphatic carbocycles. The van der Waals surface area contributed by atoms with Crippen LogP contribution in [0.1, 0.15) is 12.8 Å².